The molecular weight excluding hydrogens is 344 g/mol. The second-order valence-electron chi connectivity index (χ2n) is 4.22. The van der Waals surface area contributed by atoms with E-state index in [1.54, 1.807) is 31.3 Å². The zero-order valence-corrected chi connectivity index (χ0v) is 13.1. The number of aliphatic hydroxyl groups is 1. The molecule has 1 aromatic heterocycles. The van der Waals surface area contributed by atoms with E-state index in [-0.39, 0.29) is 11.5 Å². The minimum absolute atomic E-state index is 0.117. The highest BCUT2D eigenvalue weighted by molar-refractivity contribution is 9.10. The number of rotatable bonds is 4. The minimum Gasteiger partial charge on any atom is -0.392 e. The van der Waals surface area contributed by atoms with Gasteiger partial charge < -0.3 is 5.11 Å². The first-order chi connectivity index (χ1) is 9.44. The maximum Gasteiger partial charge on any atom is 0.263 e. The van der Waals surface area contributed by atoms with Gasteiger partial charge in [-0.1, -0.05) is 6.07 Å². The number of nitrogens with zero attached hydrogens (tertiary/aromatic N) is 1. The Balaban J connectivity index is 2.39. The van der Waals surface area contributed by atoms with Crippen LogP contribution in [0.2, 0.25) is 0 Å². The van der Waals surface area contributed by atoms with Crippen molar-refractivity contribution in [3.8, 4) is 0 Å². The highest BCUT2D eigenvalue weighted by Gasteiger charge is 2.18. The van der Waals surface area contributed by atoms with Crippen LogP contribution in [0.5, 0.6) is 0 Å². The Morgan fingerprint density at radius 2 is 2.10 bits per heavy atom. The standard InChI is InChI=1S/C13H13BrN2O3S/c1-9-7-15-5-4-12(9)16-20(18,19)13-3-2-10(8-17)6-11(13)14/h2-7,17H,8H2,1H3,(H,15,16). The van der Waals surface area contributed by atoms with Gasteiger partial charge >= 0.3 is 0 Å². The molecule has 0 aliphatic rings. The van der Waals surface area contributed by atoms with Crippen LogP contribution in [-0.4, -0.2) is 18.5 Å². The van der Waals surface area contributed by atoms with Gasteiger partial charge in [0.05, 0.1) is 12.3 Å². The molecule has 0 fully saturated rings. The van der Waals surface area contributed by atoms with E-state index in [4.69, 9.17) is 5.11 Å². The Morgan fingerprint density at radius 3 is 2.70 bits per heavy atom. The number of halogens is 1. The van der Waals surface area contributed by atoms with Gasteiger partial charge in [-0.15, -0.1) is 0 Å². The maximum absolute atomic E-state index is 12.4. The Bertz CT molecular complexity index is 732. The van der Waals surface area contributed by atoms with Gasteiger partial charge in [-0.25, -0.2) is 8.42 Å². The summed E-state index contributed by atoms with van der Waals surface area (Å²) in [5.74, 6) is 0. The fourth-order valence-electron chi connectivity index (χ4n) is 1.65. The first-order valence-corrected chi connectivity index (χ1v) is 8.04. The first kappa shape index (κ1) is 15.0. The molecule has 0 unspecified atom stereocenters. The molecule has 0 atom stereocenters. The number of aryl methyl sites for hydroxylation is 1. The van der Waals surface area contributed by atoms with Gasteiger partial charge in [-0.2, -0.15) is 0 Å². The fraction of sp³-hybridized carbons (Fsp3) is 0.154. The van der Waals surface area contributed by atoms with Crippen molar-refractivity contribution in [2.75, 3.05) is 4.72 Å². The Kier molecular flexibility index (Phi) is 4.42. The van der Waals surface area contributed by atoms with Crippen molar-refractivity contribution < 1.29 is 13.5 Å². The number of pyridine rings is 1. The summed E-state index contributed by atoms with van der Waals surface area (Å²) < 4.78 is 27.6. The highest BCUT2D eigenvalue weighted by atomic mass is 79.9. The van der Waals surface area contributed by atoms with Crippen molar-refractivity contribution in [3.05, 3.63) is 52.3 Å². The summed E-state index contributed by atoms with van der Waals surface area (Å²) in [4.78, 5) is 4.03. The maximum atomic E-state index is 12.4. The van der Waals surface area contributed by atoms with Crippen LogP contribution in [0, 0.1) is 6.92 Å². The third-order valence-corrected chi connectivity index (χ3v) is 5.08. The molecule has 2 aromatic rings. The molecule has 0 aliphatic heterocycles. The summed E-state index contributed by atoms with van der Waals surface area (Å²) in [6, 6.07) is 6.20. The van der Waals surface area contributed by atoms with Crippen molar-refractivity contribution >= 4 is 31.6 Å². The lowest BCUT2D eigenvalue weighted by molar-refractivity contribution is 0.281. The van der Waals surface area contributed by atoms with Crippen LogP contribution in [0.15, 0.2) is 46.0 Å². The number of anilines is 1. The predicted octanol–water partition coefficient (Wildman–Crippen LogP) is 2.45. The number of benzene rings is 1. The molecule has 0 aliphatic carbocycles. The summed E-state index contributed by atoms with van der Waals surface area (Å²) in [6.07, 6.45) is 3.11. The molecular formula is C13H13BrN2O3S. The van der Waals surface area contributed by atoms with Gasteiger partial charge in [-0.3, -0.25) is 9.71 Å². The van der Waals surface area contributed by atoms with Gasteiger partial charge in [0.15, 0.2) is 0 Å². The van der Waals surface area contributed by atoms with Crippen molar-refractivity contribution in [2.24, 2.45) is 0 Å². The van der Waals surface area contributed by atoms with Gasteiger partial charge in [0.25, 0.3) is 10.0 Å². The van der Waals surface area contributed by atoms with E-state index >= 15 is 0 Å². The Hall–Kier alpha value is -1.44. The molecule has 0 spiro atoms. The van der Waals surface area contributed by atoms with Crippen LogP contribution < -0.4 is 4.72 Å². The molecule has 0 saturated heterocycles. The number of aliphatic hydroxyl groups excluding tert-OH is 1. The van der Waals surface area contributed by atoms with Crippen LogP contribution in [0.25, 0.3) is 0 Å². The third kappa shape index (κ3) is 3.17. The molecule has 20 heavy (non-hydrogen) atoms. The normalized spacial score (nSPS) is 11.3. The minimum atomic E-state index is -3.70. The van der Waals surface area contributed by atoms with Crippen LogP contribution in [-0.2, 0) is 16.6 Å². The lowest BCUT2D eigenvalue weighted by Crippen LogP contribution is -2.14. The number of nitrogens with one attached hydrogen (secondary N) is 1. The zero-order valence-electron chi connectivity index (χ0n) is 10.7. The van der Waals surface area contributed by atoms with E-state index in [0.29, 0.717) is 15.7 Å². The van der Waals surface area contributed by atoms with E-state index in [0.717, 1.165) is 5.56 Å². The lowest BCUT2D eigenvalue weighted by atomic mass is 10.2. The van der Waals surface area contributed by atoms with Gasteiger partial charge in [0.2, 0.25) is 0 Å². The number of hydrogen-bond acceptors (Lipinski definition) is 4. The van der Waals surface area contributed by atoms with E-state index in [9.17, 15) is 8.42 Å². The fourth-order valence-corrected chi connectivity index (χ4v) is 3.91. The summed E-state index contributed by atoms with van der Waals surface area (Å²) in [7, 11) is -3.70. The average Bonchev–Trinajstić information content (AvgIpc) is 2.40. The highest BCUT2D eigenvalue weighted by Crippen LogP contribution is 2.26. The molecule has 0 radical (unpaired) electrons. The van der Waals surface area contributed by atoms with E-state index in [1.807, 2.05) is 0 Å². The topological polar surface area (TPSA) is 79.3 Å². The van der Waals surface area contributed by atoms with Gasteiger partial charge in [-0.05, 0) is 52.2 Å². The lowest BCUT2D eigenvalue weighted by Gasteiger charge is -2.11. The quantitative estimate of drug-likeness (QED) is 0.881. The number of sulfonamides is 1. The average molecular weight is 357 g/mol. The molecule has 106 valence electrons. The number of aromatic nitrogens is 1. The van der Waals surface area contributed by atoms with Crippen LogP contribution in [0.4, 0.5) is 5.69 Å². The van der Waals surface area contributed by atoms with Crippen LogP contribution >= 0.6 is 15.9 Å². The number of hydrogen-bond donors (Lipinski definition) is 2. The first-order valence-electron chi connectivity index (χ1n) is 5.77. The predicted molar refractivity (Wildman–Crippen MR) is 79.8 cm³/mol. The molecule has 2 rings (SSSR count). The van der Waals surface area contributed by atoms with E-state index in [1.165, 1.54) is 12.3 Å². The Morgan fingerprint density at radius 1 is 1.35 bits per heavy atom. The molecule has 0 bridgehead atoms. The summed E-state index contributed by atoms with van der Waals surface area (Å²) >= 11 is 3.21. The van der Waals surface area contributed by atoms with Crippen LogP contribution in [0.3, 0.4) is 0 Å². The Labute approximate surface area is 125 Å². The molecule has 1 aromatic carbocycles. The molecule has 5 nitrogen and oxygen atoms in total. The molecule has 2 N–H and O–H groups in total. The monoisotopic (exact) mass is 356 g/mol. The summed E-state index contributed by atoms with van der Waals surface area (Å²) in [5, 5.41) is 9.03. The second-order valence-corrected chi connectivity index (χ2v) is 6.72. The third-order valence-electron chi connectivity index (χ3n) is 2.73. The molecule has 1 heterocycles. The largest absolute Gasteiger partial charge is 0.392 e. The van der Waals surface area contributed by atoms with E-state index < -0.39 is 10.0 Å². The van der Waals surface area contributed by atoms with Crippen LogP contribution in [0.1, 0.15) is 11.1 Å². The second kappa shape index (κ2) is 5.90. The zero-order chi connectivity index (χ0) is 14.8. The molecule has 0 amide bonds. The molecule has 0 saturated carbocycles. The van der Waals surface area contributed by atoms with Gasteiger partial charge in [0, 0.05) is 16.9 Å². The smallest absolute Gasteiger partial charge is 0.263 e. The summed E-state index contributed by atoms with van der Waals surface area (Å²) in [6.45, 7) is 1.63. The molecule has 7 heteroatoms. The van der Waals surface area contributed by atoms with Crippen molar-refractivity contribution in [3.63, 3.8) is 0 Å². The SMILES string of the molecule is Cc1cnccc1NS(=O)(=O)c1ccc(CO)cc1Br. The van der Waals surface area contributed by atoms with Crippen molar-refractivity contribution in [1.29, 1.82) is 0 Å². The van der Waals surface area contributed by atoms with Crippen molar-refractivity contribution in [2.45, 2.75) is 18.4 Å². The van der Waals surface area contributed by atoms with E-state index in [2.05, 4.69) is 25.6 Å². The van der Waals surface area contributed by atoms with Gasteiger partial charge in [0.1, 0.15) is 4.90 Å². The summed E-state index contributed by atoms with van der Waals surface area (Å²) in [5.41, 5.74) is 1.85. The van der Waals surface area contributed by atoms with Crippen molar-refractivity contribution in [1.82, 2.24) is 4.98 Å².